The SMILES string of the molecule is COc1cccc(NC(=O)CCN2CC[NH+](C)CC2)c1.[Cl-]. The van der Waals surface area contributed by atoms with Gasteiger partial charge in [-0.1, -0.05) is 6.07 Å². The van der Waals surface area contributed by atoms with E-state index in [0.29, 0.717) is 6.42 Å². The molecule has 1 fully saturated rings. The van der Waals surface area contributed by atoms with Crippen LogP contribution >= 0.6 is 0 Å². The molecule has 21 heavy (non-hydrogen) atoms. The van der Waals surface area contributed by atoms with E-state index in [2.05, 4.69) is 17.3 Å². The van der Waals surface area contributed by atoms with Crippen LogP contribution in [0.2, 0.25) is 0 Å². The number of rotatable bonds is 5. The Bertz CT molecular complexity index is 448. The average Bonchev–Trinajstić information content (AvgIpc) is 2.47. The Kier molecular flexibility index (Phi) is 7.50. The maximum Gasteiger partial charge on any atom is 0.225 e. The number of nitrogens with zero attached hydrogens (tertiary/aromatic N) is 1. The standard InChI is InChI=1S/C15H23N3O2.ClH/c1-17-8-10-18(11-9-17)7-6-15(19)16-13-4-3-5-14(12-13)20-2;/h3-5,12H,6-11H2,1-2H3,(H,16,19);1H. The van der Waals surface area contributed by atoms with Gasteiger partial charge >= 0.3 is 0 Å². The first-order chi connectivity index (χ1) is 9.67. The topological polar surface area (TPSA) is 46.0 Å². The molecule has 0 unspecified atom stereocenters. The van der Waals surface area contributed by atoms with E-state index in [0.717, 1.165) is 44.2 Å². The van der Waals surface area contributed by atoms with Crippen molar-refractivity contribution in [1.29, 1.82) is 0 Å². The van der Waals surface area contributed by atoms with Crippen molar-refractivity contribution in [1.82, 2.24) is 4.90 Å². The number of halogens is 1. The van der Waals surface area contributed by atoms with E-state index in [9.17, 15) is 4.79 Å². The Morgan fingerprint density at radius 2 is 2.10 bits per heavy atom. The lowest BCUT2D eigenvalue weighted by Gasteiger charge is -2.29. The van der Waals surface area contributed by atoms with Gasteiger partial charge in [-0.25, -0.2) is 0 Å². The van der Waals surface area contributed by atoms with Crippen molar-refractivity contribution in [2.24, 2.45) is 0 Å². The van der Waals surface area contributed by atoms with E-state index in [1.54, 1.807) is 12.0 Å². The van der Waals surface area contributed by atoms with Gasteiger partial charge in [0, 0.05) is 37.8 Å². The molecule has 1 aliphatic heterocycles. The van der Waals surface area contributed by atoms with Crippen LogP contribution in [-0.4, -0.2) is 57.7 Å². The van der Waals surface area contributed by atoms with Crippen LogP contribution in [-0.2, 0) is 4.79 Å². The molecule has 0 atom stereocenters. The highest BCUT2D eigenvalue weighted by atomic mass is 35.5. The number of likely N-dealkylation sites (N-methyl/N-ethyl adjacent to an activating group) is 1. The third-order valence-corrected chi connectivity index (χ3v) is 3.72. The van der Waals surface area contributed by atoms with Gasteiger partial charge in [0.1, 0.15) is 5.75 Å². The molecule has 1 heterocycles. The second kappa shape index (κ2) is 8.87. The molecule has 5 nitrogen and oxygen atoms in total. The Morgan fingerprint density at radius 1 is 1.38 bits per heavy atom. The highest BCUT2D eigenvalue weighted by molar-refractivity contribution is 5.90. The maximum absolute atomic E-state index is 11.9. The van der Waals surface area contributed by atoms with Crippen molar-refractivity contribution in [3.63, 3.8) is 0 Å². The third kappa shape index (κ3) is 5.91. The van der Waals surface area contributed by atoms with Crippen LogP contribution < -0.4 is 27.4 Å². The summed E-state index contributed by atoms with van der Waals surface area (Å²) in [5.74, 6) is 0.814. The molecule has 1 saturated heterocycles. The molecule has 1 aliphatic rings. The molecule has 1 aromatic carbocycles. The van der Waals surface area contributed by atoms with Gasteiger partial charge in [-0.05, 0) is 12.1 Å². The minimum absolute atomic E-state index is 0. The first-order valence-electron chi connectivity index (χ1n) is 7.15. The molecule has 118 valence electrons. The summed E-state index contributed by atoms with van der Waals surface area (Å²) in [6.45, 7) is 5.33. The summed E-state index contributed by atoms with van der Waals surface area (Å²) in [4.78, 5) is 15.9. The number of methoxy groups -OCH3 is 1. The number of anilines is 1. The number of quaternary nitrogens is 1. The molecule has 6 heteroatoms. The predicted molar refractivity (Wildman–Crippen MR) is 79.3 cm³/mol. The predicted octanol–water partition coefficient (Wildman–Crippen LogP) is -3.14. The van der Waals surface area contributed by atoms with E-state index in [4.69, 9.17) is 4.74 Å². The zero-order valence-electron chi connectivity index (χ0n) is 12.7. The van der Waals surface area contributed by atoms with Crippen molar-refractivity contribution in [2.45, 2.75) is 6.42 Å². The summed E-state index contributed by atoms with van der Waals surface area (Å²) < 4.78 is 5.14. The first kappa shape index (κ1) is 17.8. The first-order valence-corrected chi connectivity index (χ1v) is 7.15. The van der Waals surface area contributed by atoms with Gasteiger partial charge in [0.15, 0.2) is 0 Å². The minimum atomic E-state index is 0. The molecule has 0 aromatic heterocycles. The van der Waals surface area contributed by atoms with Crippen LogP contribution in [0.25, 0.3) is 0 Å². The van der Waals surface area contributed by atoms with Crippen molar-refractivity contribution in [3.05, 3.63) is 24.3 Å². The number of carbonyl (C=O) groups is 1. The van der Waals surface area contributed by atoms with E-state index < -0.39 is 0 Å². The fraction of sp³-hybridized carbons (Fsp3) is 0.533. The zero-order chi connectivity index (χ0) is 14.4. The van der Waals surface area contributed by atoms with Gasteiger partial charge in [0.2, 0.25) is 5.91 Å². The normalized spacial score (nSPS) is 16.1. The molecular formula is C15H24ClN3O2. The van der Waals surface area contributed by atoms with Gasteiger partial charge in [0.25, 0.3) is 0 Å². The Hall–Kier alpha value is -1.30. The molecule has 1 aromatic rings. The summed E-state index contributed by atoms with van der Waals surface area (Å²) in [6, 6.07) is 7.44. The van der Waals surface area contributed by atoms with Gasteiger partial charge in [0.05, 0.1) is 27.2 Å². The number of nitrogens with one attached hydrogen (secondary N) is 2. The van der Waals surface area contributed by atoms with Crippen molar-refractivity contribution >= 4 is 11.6 Å². The summed E-state index contributed by atoms with van der Waals surface area (Å²) in [5, 5.41) is 2.91. The van der Waals surface area contributed by atoms with Gasteiger partial charge in [-0.2, -0.15) is 0 Å². The molecule has 0 bridgehead atoms. The number of ether oxygens (including phenoxy) is 1. The van der Waals surface area contributed by atoms with Crippen LogP contribution in [0.1, 0.15) is 6.42 Å². The fourth-order valence-corrected chi connectivity index (χ4v) is 2.34. The molecule has 0 aliphatic carbocycles. The Labute approximate surface area is 132 Å². The van der Waals surface area contributed by atoms with Crippen LogP contribution in [0.15, 0.2) is 24.3 Å². The number of hydrogen-bond acceptors (Lipinski definition) is 3. The number of carbonyl (C=O) groups excluding carboxylic acids is 1. The van der Waals surface area contributed by atoms with E-state index in [1.807, 2.05) is 24.3 Å². The lowest BCUT2D eigenvalue weighted by atomic mass is 10.2. The number of amides is 1. The zero-order valence-corrected chi connectivity index (χ0v) is 13.4. The summed E-state index contributed by atoms with van der Waals surface area (Å²) >= 11 is 0. The fourth-order valence-electron chi connectivity index (χ4n) is 2.34. The van der Waals surface area contributed by atoms with Gasteiger partial charge in [-0.15, -0.1) is 0 Å². The van der Waals surface area contributed by atoms with Crippen molar-refractivity contribution < 1.29 is 26.8 Å². The number of piperazine rings is 1. The quantitative estimate of drug-likeness (QED) is 0.604. The molecular weight excluding hydrogens is 290 g/mol. The molecule has 0 saturated carbocycles. The second-order valence-corrected chi connectivity index (χ2v) is 5.33. The second-order valence-electron chi connectivity index (χ2n) is 5.33. The van der Waals surface area contributed by atoms with Crippen LogP contribution in [0.4, 0.5) is 5.69 Å². The number of benzene rings is 1. The van der Waals surface area contributed by atoms with Crippen molar-refractivity contribution in [2.75, 3.05) is 52.2 Å². The molecule has 2 N–H and O–H groups in total. The molecule has 1 amide bonds. The molecule has 2 rings (SSSR count). The largest absolute Gasteiger partial charge is 1.00 e. The minimum Gasteiger partial charge on any atom is -1.00 e. The maximum atomic E-state index is 11.9. The molecule has 0 radical (unpaired) electrons. The van der Waals surface area contributed by atoms with Crippen LogP contribution in [0, 0.1) is 0 Å². The summed E-state index contributed by atoms with van der Waals surface area (Å²) in [5.41, 5.74) is 0.789. The molecule has 0 spiro atoms. The highest BCUT2D eigenvalue weighted by Gasteiger charge is 2.17. The lowest BCUT2D eigenvalue weighted by molar-refractivity contribution is -0.884. The highest BCUT2D eigenvalue weighted by Crippen LogP contribution is 2.16. The monoisotopic (exact) mass is 313 g/mol. The Morgan fingerprint density at radius 3 is 2.76 bits per heavy atom. The third-order valence-electron chi connectivity index (χ3n) is 3.72. The van der Waals surface area contributed by atoms with E-state index in [1.165, 1.54) is 0 Å². The Balaban J connectivity index is 0.00000220. The van der Waals surface area contributed by atoms with Crippen LogP contribution in [0.5, 0.6) is 5.75 Å². The van der Waals surface area contributed by atoms with E-state index >= 15 is 0 Å². The number of hydrogen-bond donors (Lipinski definition) is 2. The smallest absolute Gasteiger partial charge is 0.225 e. The lowest BCUT2D eigenvalue weighted by Crippen LogP contribution is -3.12. The summed E-state index contributed by atoms with van der Waals surface area (Å²) in [7, 11) is 3.84. The van der Waals surface area contributed by atoms with Gasteiger partial charge in [-0.3, -0.25) is 9.69 Å². The summed E-state index contributed by atoms with van der Waals surface area (Å²) in [6.07, 6.45) is 0.538. The van der Waals surface area contributed by atoms with E-state index in [-0.39, 0.29) is 18.3 Å². The van der Waals surface area contributed by atoms with Crippen molar-refractivity contribution in [3.8, 4) is 5.75 Å². The average molecular weight is 314 g/mol. The van der Waals surface area contributed by atoms with Crippen LogP contribution in [0.3, 0.4) is 0 Å². The van der Waals surface area contributed by atoms with Gasteiger partial charge < -0.3 is 27.4 Å².